The molecular weight excluding hydrogens is 456 g/mol. The van der Waals surface area contributed by atoms with Crippen LogP contribution in [0, 0.1) is 6.92 Å². The average molecular weight is 485 g/mol. The Morgan fingerprint density at radius 3 is 2.27 bits per heavy atom. The maximum absolute atomic E-state index is 13.4. The minimum atomic E-state index is -3.92. The first kappa shape index (κ1) is 25.0. The standard InChI is InChI=1S/C26H29ClN2O3S/c1-3-4-8-21-10-14-24(15-11-21)28-26(30)19-29(18-22-9-6-5-7-20(22)2)33(31,32)25-16-12-23(27)13-17-25/h5-7,9-17H,3-4,8,18-19H2,1-2H3,(H,28,30). The molecule has 0 fully saturated rings. The number of hydrogen-bond acceptors (Lipinski definition) is 3. The normalized spacial score (nSPS) is 11.5. The molecule has 0 unspecified atom stereocenters. The molecule has 0 aromatic heterocycles. The quantitative estimate of drug-likeness (QED) is 0.394. The van der Waals surface area contributed by atoms with Gasteiger partial charge in [0.15, 0.2) is 0 Å². The van der Waals surface area contributed by atoms with Gasteiger partial charge in [-0.15, -0.1) is 0 Å². The van der Waals surface area contributed by atoms with Gasteiger partial charge in [0.1, 0.15) is 0 Å². The molecule has 33 heavy (non-hydrogen) atoms. The highest BCUT2D eigenvalue weighted by Gasteiger charge is 2.27. The number of amides is 1. The van der Waals surface area contributed by atoms with Crippen molar-refractivity contribution in [1.82, 2.24) is 4.31 Å². The van der Waals surface area contributed by atoms with E-state index < -0.39 is 15.9 Å². The molecule has 0 bridgehead atoms. The van der Waals surface area contributed by atoms with Gasteiger partial charge >= 0.3 is 0 Å². The number of benzene rings is 3. The molecule has 0 saturated carbocycles. The van der Waals surface area contributed by atoms with Crippen LogP contribution in [0.15, 0.2) is 77.7 Å². The van der Waals surface area contributed by atoms with Crippen molar-refractivity contribution in [3.63, 3.8) is 0 Å². The van der Waals surface area contributed by atoms with E-state index in [1.807, 2.05) is 55.5 Å². The van der Waals surface area contributed by atoms with E-state index in [1.54, 1.807) is 0 Å². The molecule has 1 amide bonds. The molecule has 1 N–H and O–H groups in total. The maximum Gasteiger partial charge on any atom is 0.243 e. The molecule has 0 radical (unpaired) electrons. The second-order valence-electron chi connectivity index (χ2n) is 8.00. The largest absolute Gasteiger partial charge is 0.325 e. The fourth-order valence-electron chi connectivity index (χ4n) is 3.46. The van der Waals surface area contributed by atoms with Crippen molar-refractivity contribution in [3.8, 4) is 0 Å². The highest BCUT2D eigenvalue weighted by Crippen LogP contribution is 2.22. The fourth-order valence-corrected chi connectivity index (χ4v) is 4.96. The lowest BCUT2D eigenvalue weighted by Crippen LogP contribution is -2.37. The Hall–Kier alpha value is -2.67. The predicted octanol–water partition coefficient (Wildman–Crippen LogP) is 5.82. The van der Waals surface area contributed by atoms with Crippen molar-refractivity contribution >= 4 is 33.2 Å². The number of nitrogens with zero attached hydrogens (tertiary/aromatic N) is 1. The first-order chi connectivity index (χ1) is 15.8. The van der Waals surface area contributed by atoms with Gasteiger partial charge in [-0.3, -0.25) is 4.79 Å². The Kier molecular flexibility index (Phi) is 8.67. The molecule has 3 aromatic carbocycles. The molecule has 0 spiro atoms. The Labute approximate surface area is 201 Å². The zero-order valence-corrected chi connectivity index (χ0v) is 20.5. The molecule has 5 nitrogen and oxygen atoms in total. The highest BCUT2D eigenvalue weighted by molar-refractivity contribution is 7.89. The van der Waals surface area contributed by atoms with Crippen molar-refractivity contribution < 1.29 is 13.2 Å². The monoisotopic (exact) mass is 484 g/mol. The van der Waals surface area contributed by atoms with Crippen LogP contribution in [0.5, 0.6) is 0 Å². The van der Waals surface area contributed by atoms with Crippen LogP contribution < -0.4 is 5.32 Å². The third kappa shape index (κ3) is 6.90. The van der Waals surface area contributed by atoms with Crippen LogP contribution in [0.4, 0.5) is 5.69 Å². The SMILES string of the molecule is CCCCc1ccc(NC(=O)CN(Cc2ccccc2C)S(=O)(=O)c2ccc(Cl)cc2)cc1. The zero-order valence-electron chi connectivity index (χ0n) is 18.9. The van der Waals surface area contributed by atoms with Crippen LogP contribution in [0.25, 0.3) is 0 Å². The van der Waals surface area contributed by atoms with E-state index in [2.05, 4.69) is 12.2 Å². The summed E-state index contributed by atoms with van der Waals surface area (Å²) in [4.78, 5) is 12.9. The van der Waals surface area contributed by atoms with E-state index in [-0.39, 0.29) is 18.0 Å². The zero-order chi connectivity index (χ0) is 23.8. The van der Waals surface area contributed by atoms with E-state index >= 15 is 0 Å². The van der Waals surface area contributed by atoms with Crippen molar-refractivity contribution in [3.05, 3.63) is 94.5 Å². The number of carbonyl (C=O) groups excluding carboxylic acids is 1. The van der Waals surface area contributed by atoms with Crippen LogP contribution in [-0.4, -0.2) is 25.2 Å². The molecule has 0 aliphatic carbocycles. The summed E-state index contributed by atoms with van der Waals surface area (Å²) in [5.41, 5.74) is 3.64. The topological polar surface area (TPSA) is 66.5 Å². The number of rotatable bonds is 10. The van der Waals surface area contributed by atoms with Crippen molar-refractivity contribution in [1.29, 1.82) is 0 Å². The van der Waals surface area contributed by atoms with Crippen LogP contribution >= 0.6 is 11.6 Å². The number of unbranched alkanes of at least 4 members (excludes halogenated alkanes) is 1. The van der Waals surface area contributed by atoms with Crippen LogP contribution in [0.1, 0.15) is 36.5 Å². The Morgan fingerprint density at radius 2 is 1.64 bits per heavy atom. The molecule has 174 valence electrons. The van der Waals surface area contributed by atoms with Crippen LogP contribution in [0.2, 0.25) is 5.02 Å². The Morgan fingerprint density at radius 1 is 0.970 bits per heavy atom. The van der Waals surface area contributed by atoms with Gasteiger partial charge in [0, 0.05) is 17.3 Å². The lowest BCUT2D eigenvalue weighted by Gasteiger charge is -2.23. The summed E-state index contributed by atoms with van der Waals surface area (Å²) >= 11 is 5.93. The number of carbonyl (C=O) groups is 1. The maximum atomic E-state index is 13.4. The number of anilines is 1. The first-order valence-electron chi connectivity index (χ1n) is 11.0. The molecule has 0 atom stereocenters. The van der Waals surface area contributed by atoms with Gasteiger partial charge in [-0.2, -0.15) is 4.31 Å². The van der Waals surface area contributed by atoms with Gasteiger partial charge in [0.2, 0.25) is 15.9 Å². The second-order valence-corrected chi connectivity index (χ2v) is 10.4. The van der Waals surface area contributed by atoms with Gasteiger partial charge in [0.05, 0.1) is 11.4 Å². The number of halogens is 1. The number of aryl methyl sites for hydroxylation is 2. The Bertz CT molecular complexity index is 1180. The molecule has 0 saturated heterocycles. The van der Waals surface area contributed by atoms with E-state index in [4.69, 9.17) is 11.6 Å². The van der Waals surface area contributed by atoms with Gasteiger partial charge in [-0.25, -0.2) is 8.42 Å². The van der Waals surface area contributed by atoms with Crippen molar-refractivity contribution in [2.75, 3.05) is 11.9 Å². The minimum Gasteiger partial charge on any atom is -0.325 e. The summed E-state index contributed by atoms with van der Waals surface area (Å²) in [6, 6.07) is 21.2. The molecule has 0 aliphatic heterocycles. The third-order valence-corrected chi connectivity index (χ3v) is 7.49. The fraction of sp³-hybridized carbons (Fsp3) is 0.269. The molecule has 3 rings (SSSR count). The average Bonchev–Trinajstić information content (AvgIpc) is 2.80. The summed E-state index contributed by atoms with van der Waals surface area (Å²) in [6.45, 7) is 3.84. The lowest BCUT2D eigenvalue weighted by atomic mass is 10.1. The van der Waals surface area contributed by atoms with Gasteiger partial charge in [0.25, 0.3) is 0 Å². The predicted molar refractivity (Wildman–Crippen MR) is 134 cm³/mol. The van der Waals surface area contributed by atoms with E-state index in [9.17, 15) is 13.2 Å². The van der Waals surface area contributed by atoms with E-state index in [0.717, 1.165) is 30.4 Å². The van der Waals surface area contributed by atoms with Crippen molar-refractivity contribution in [2.24, 2.45) is 0 Å². The number of hydrogen-bond donors (Lipinski definition) is 1. The van der Waals surface area contributed by atoms with Gasteiger partial charge in [-0.05, 0) is 72.9 Å². The Balaban J connectivity index is 1.80. The summed E-state index contributed by atoms with van der Waals surface area (Å²) in [6.07, 6.45) is 3.23. The summed E-state index contributed by atoms with van der Waals surface area (Å²) < 4.78 is 28.0. The molecule has 7 heteroatoms. The first-order valence-corrected chi connectivity index (χ1v) is 12.8. The van der Waals surface area contributed by atoms with E-state index in [0.29, 0.717) is 10.7 Å². The number of sulfonamides is 1. The highest BCUT2D eigenvalue weighted by atomic mass is 35.5. The summed E-state index contributed by atoms with van der Waals surface area (Å²) in [5, 5.41) is 3.27. The van der Waals surface area contributed by atoms with Crippen molar-refractivity contribution in [2.45, 2.75) is 44.6 Å². The van der Waals surface area contributed by atoms with Crippen LogP contribution in [-0.2, 0) is 27.8 Å². The van der Waals surface area contributed by atoms with Crippen LogP contribution in [0.3, 0.4) is 0 Å². The number of nitrogens with one attached hydrogen (secondary N) is 1. The second kappa shape index (κ2) is 11.5. The summed E-state index contributed by atoms with van der Waals surface area (Å²) in [5.74, 6) is -0.401. The third-order valence-electron chi connectivity index (χ3n) is 5.44. The molecule has 0 heterocycles. The smallest absolute Gasteiger partial charge is 0.243 e. The molecular formula is C26H29ClN2O3S. The van der Waals surface area contributed by atoms with Gasteiger partial charge < -0.3 is 5.32 Å². The molecule has 3 aromatic rings. The summed E-state index contributed by atoms with van der Waals surface area (Å²) in [7, 11) is -3.92. The lowest BCUT2D eigenvalue weighted by molar-refractivity contribution is -0.116. The van der Waals surface area contributed by atoms with E-state index in [1.165, 1.54) is 34.1 Å². The minimum absolute atomic E-state index is 0.0843. The van der Waals surface area contributed by atoms with Gasteiger partial charge in [-0.1, -0.05) is 61.3 Å². The molecule has 0 aliphatic rings.